The highest BCUT2D eigenvalue weighted by Gasteiger charge is 2.15. The maximum atomic E-state index is 12.5. The number of halogens is 2. The topological polar surface area (TPSA) is 72.7 Å². The first kappa shape index (κ1) is 17.4. The van der Waals surface area contributed by atoms with Gasteiger partial charge in [-0.3, -0.25) is 4.79 Å². The molecule has 0 unspecified atom stereocenters. The minimum atomic E-state index is -0.297. The van der Waals surface area contributed by atoms with Gasteiger partial charge in [-0.05, 0) is 48.5 Å². The number of rotatable bonds is 4. The van der Waals surface area contributed by atoms with Gasteiger partial charge in [0, 0.05) is 11.1 Å². The van der Waals surface area contributed by atoms with Gasteiger partial charge in [-0.25, -0.2) is 4.68 Å². The number of benzene rings is 2. The first-order valence-electron chi connectivity index (χ1n) is 7.61. The second-order valence-electron chi connectivity index (χ2n) is 5.68. The molecule has 3 rings (SSSR count). The van der Waals surface area contributed by atoms with Crippen LogP contribution in [-0.4, -0.2) is 26.1 Å². The smallest absolute Gasteiger partial charge is 0.255 e. The summed E-state index contributed by atoms with van der Waals surface area (Å²) in [7, 11) is 0. The van der Waals surface area contributed by atoms with Crippen molar-refractivity contribution in [2.45, 2.75) is 19.9 Å². The number of nitrogens with zero attached hydrogens (tertiary/aromatic N) is 4. The lowest BCUT2D eigenvalue weighted by atomic mass is 10.1. The lowest BCUT2D eigenvalue weighted by Gasteiger charge is -2.10. The van der Waals surface area contributed by atoms with Crippen LogP contribution in [0.2, 0.25) is 10.0 Å². The molecule has 8 heteroatoms. The summed E-state index contributed by atoms with van der Waals surface area (Å²) in [6, 6.07) is 12.3. The summed E-state index contributed by atoms with van der Waals surface area (Å²) in [6.45, 7) is 3.97. The highest BCUT2D eigenvalue weighted by molar-refractivity contribution is 6.44. The highest BCUT2D eigenvalue weighted by Crippen LogP contribution is 2.30. The zero-order valence-corrected chi connectivity index (χ0v) is 15.1. The molecule has 25 heavy (non-hydrogen) atoms. The van der Waals surface area contributed by atoms with Crippen molar-refractivity contribution in [2.24, 2.45) is 0 Å². The van der Waals surface area contributed by atoms with Crippen LogP contribution in [0.4, 0.5) is 5.69 Å². The molecule has 128 valence electrons. The first-order valence-corrected chi connectivity index (χ1v) is 8.36. The van der Waals surface area contributed by atoms with Gasteiger partial charge in [0.2, 0.25) is 0 Å². The van der Waals surface area contributed by atoms with E-state index in [4.69, 9.17) is 23.2 Å². The summed E-state index contributed by atoms with van der Waals surface area (Å²) < 4.78 is 1.70. The molecule has 0 atom stereocenters. The van der Waals surface area contributed by atoms with E-state index < -0.39 is 0 Å². The van der Waals surface area contributed by atoms with Crippen molar-refractivity contribution < 1.29 is 4.79 Å². The minimum Gasteiger partial charge on any atom is -0.321 e. The van der Waals surface area contributed by atoms with Gasteiger partial charge in [-0.1, -0.05) is 41.4 Å². The van der Waals surface area contributed by atoms with Crippen molar-refractivity contribution in [3.8, 4) is 11.4 Å². The SMILES string of the molecule is CC(C)n1nnnc1-c1cccc(C(=O)Nc2cccc(Cl)c2Cl)c1. The molecule has 3 aromatic rings. The van der Waals surface area contributed by atoms with Crippen LogP contribution < -0.4 is 5.32 Å². The van der Waals surface area contributed by atoms with Crippen molar-refractivity contribution in [3.05, 3.63) is 58.1 Å². The molecule has 1 aromatic heterocycles. The predicted molar refractivity (Wildman–Crippen MR) is 98.1 cm³/mol. The molecule has 0 spiro atoms. The van der Waals surface area contributed by atoms with Crippen LogP contribution in [-0.2, 0) is 0 Å². The van der Waals surface area contributed by atoms with E-state index >= 15 is 0 Å². The fourth-order valence-corrected chi connectivity index (χ4v) is 2.67. The molecule has 0 radical (unpaired) electrons. The summed E-state index contributed by atoms with van der Waals surface area (Å²) in [5.41, 5.74) is 1.67. The molecule has 0 fully saturated rings. The Morgan fingerprint density at radius 2 is 1.92 bits per heavy atom. The van der Waals surface area contributed by atoms with E-state index in [2.05, 4.69) is 20.8 Å². The molecule has 0 saturated heterocycles. The van der Waals surface area contributed by atoms with Crippen molar-refractivity contribution in [2.75, 3.05) is 5.32 Å². The van der Waals surface area contributed by atoms with Gasteiger partial charge in [0.1, 0.15) is 0 Å². The van der Waals surface area contributed by atoms with Crippen LogP contribution in [0.15, 0.2) is 42.5 Å². The molecule has 6 nitrogen and oxygen atoms in total. The molecule has 1 amide bonds. The average molecular weight is 376 g/mol. The average Bonchev–Trinajstić information content (AvgIpc) is 3.09. The predicted octanol–water partition coefficient (Wildman–Crippen LogP) is 4.48. The first-order chi connectivity index (χ1) is 12.0. The van der Waals surface area contributed by atoms with Gasteiger partial charge >= 0.3 is 0 Å². The van der Waals surface area contributed by atoms with Crippen molar-refractivity contribution in [1.29, 1.82) is 0 Å². The highest BCUT2D eigenvalue weighted by atomic mass is 35.5. The number of anilines is 1. The zero-order chi connectivity index (χ0) is 18.0. The number of hydrogen-bond acceptors (Lipinski definition) is 4. The molecule has 0 saturated carbocycles. The van der Waals surface area contributed by atoms with Crippen LogP contribution in [0.25, 0.3) is 11.4 Å². The molecule has 0 bridgehead atoms. The summed E-state index contributed by atoms with van der Waals surface area (Å²) in [5, 5.41) is 15.2. The van der Waals surface area contributed by atoms with Crippen LogP contribution in [0.1, 0.15) is 30.2 Å². The Balaban J connectivity index is 1.90. The standard InChI is InChI=1S/C17H15Cl2N5O/c1-10(2)24-16(21-22-23-24)11-5-3-6-12(9-11)17(25)20-14-8-4-7-13(18)15(14)19/h3-10H,1-2H3,(H,20,25). The maximum absolute atomic E-state index is 12.5. The van der Waals surface area contributed by atoms with Crippen LogP contribution in [0.3, 0.4) is 0 Å². The van der Waals surface area contributed by atoms with Crippen molar-refractivity contribution >= 4 is 34.8 Å². The lowest BCUT2D eigenvalue weighted by Crippen LogP contribution is -2.12. The Hall–Kier alpha value is -2.44. The fraction of sp³-hybridized carbons (Fsp3) is 0.176. The Morgan fingerprint density at radius 1 is 1.16 bits per heavy atom. The Kier molecular flexibility index (Phi) is 5.01. The molecule has 0 aliphatic heterocycles. The molecule has 1 heterocycles. The number of carbonyl (C=O) groups is 1. The second kappa shape index (κ2) is 7.21. The molecule has 1 N–H and O–H groups in total. The molecular formula is C17H15Cl2N5O. The third kappa shape index (κ3) is 3.65. The summed E-state index contributed by atoms with van der Waals surface area (Å²) >= 11 is 12.1. The van der Waals surface area contributed by atoms with Gasteiger partial charge in [-0.15, -0.1) is 5.10 Å². The Labute approximate surface area is 154 Å². The van der Waals surface area contributed by atoms with Crippen LogP contribution in [0, 0.1) is 0 Å². The second-order valence-corrected chi connectivity index (χ2v) is 6.46. The number of aromatic nitrogens is 4. The zero-order valence-electron chi connectivity index (χ0n) is 13.6. The largest absolute Gasteiger partial charge is 0.321 e. The number of amides is 1. The Morgan fingerprint density at radius 3 is 2.68 bits per heavy atom. The van der Waals surface area contributed by atoms with Gasteiger partial charge in [0.25, 0.3) is 5.91 Å². The molecule has 2 aromatic carbocycles. The third-order valence-electron chi connectivity index (χ3n) is 3.56. The third-order valence-corrected chi connectivity index (χ3v) is 4.38. The van der Waals surface area contributed by atoms with Crippen molar-refractivity contribution in [3.63, 3.8) is 0 Å². The van der Waals surface area contributed by atoms with Gasteiger partial charge in [0.05, 0.1) is 21.8 Å². The number of nitrogens with one attached hydrogen (secondary N) is 1. The number of hydrogen-bond donors (Lipinski definition) is 1. The fourth-order valence-electron chi connectivity index (χ4n) is 2.33. The summed E-state index contributed by atoms with van der Waals surface area (Å²) in [6.07, 6.45) is 0. The van der Waals surface area contributed by atoms with Crippen LogP contribution in [0.5, 0.6) is 0 Å². The minimum absolute atomic E-state index is 0.104. The number of carbonyl (C=O) groups excluding carboxylic acids is 1. The van der Waals surface area contributed by atoms with E-state index in [1.54, 1.807) is 41.1 Å². The number of tetrazole rings is 1. The van der Waals surface area contributed by atoms with Crippen LogP contribution >= 0.6 is 23.2 Å². The van der Waals surface area contributed by atoms with E-state index in [1.165, 1.54) is 0 Å². The van der Waals surface area contributed by atoms with E-state index in [0.717, 1.165) is 5.56 Å². The molecule has 0 aliphatic carbocycles. The summed E-state index contributed by atoms with van der Waals surface area (Å²) in [5.74, 6) is 0.306. The quantitative estimate of drug-likeness (QED) is 0.729. The van der Waals surface area contributed by atoms with Gasteiger partial charge in [0.15, 0.2) is 5.82 Å². The van der Waals surface area contributed by atoms with E-state index in [-0.39, 0.29) is 11.9 Å². The van der Waals surface area contributed by atoms with Crippen molar-refractivity contribution in [1.82, 2.24) is 20.2 Å². The molecule has 0 aliphatic rings. The lowest BCUT2D eigenvalue weighted by molar-refractivity contribution is 0.102. The summed E-state index contributed by atoms with van der Waals surface area (Å²) in [4.78, 5) is 12.5. The van der Waals surface area contributed by atoms with Gasteiger partial charge in [-0.2, -0.15) is 0 Å². The monoisotopic (exact) mass is 375 g/mol. The Bertz CT molecular complexity index is 923. The maximum Gasteiger partial charge on any atom is 0.255 e. The van der Waals surface area contributed by atoms with E-state index in [0.29, 0.717) is 27.1 Å². The van der Waals surface area contributed by atoms with E-state index in [9.17, 15) is 4.79 Å². The van der Waals surface area contributed by atoms with Gasteiger partial charge < -0.3 is 5.32 Å². The normalized spacial score (nSPS) is 10.9. The van der Waals surface area contributed by atoms with E-state index in [1.807, 2.05) is 19.9 Å². The molecular weight excluding hydrogens is 361 g/mol.